The van der Waals surface area contributed by atoms with Gasteiger partial charge in [0.15, 0.2) is 0 Å². The van der Waals surface area contributed by atoms with Gasteiger partial charge in [0.05, 0.1) is 12.9 Å². The van der Waals surface area contributed by atoms with E-state index in [1.165, 1.54) is 17.2 Å². The molecule has 0 saturated carbocycles. The highest BCUT2D eigenvalue weighted by Crippen LogP contribution is 2.24. The summed E-state index contributed by atoms with van der Waals surface area (Å²) in [4.78, 5) is 12.0. The highest BCUT2D eigenvalue weighted by molar-refractivity contribution is 6.76. The fourth-order valence-electron chi connectivity index (χ4n) is 3.04. The summed E-state index contributed by atoms with van der Waals surface area (Å²) in [5.74, 6) is 0. The maximum atomic E-state index is 12.0. The lowest BCUT2D eigenvalue weighted by Gasteiger charge is -2.27. The van der Waals surface area contributed by atoms with Crippen molar-refractivity contribution >= 4 is 20.2 Å². The van der Waals surface area contributed by atoms with E-state index in [-0.39, 0.29) is 12.1 Å². The molecule has 0 heterocycles. The van der Waals surface area contributed by atoms with Crippen LogP contribution >= 0.6 is 0 Å². The molecule has 0 aromatic heterocycles. The Morgan fingerprint density at radius 1 is 1.26 bits per heavy atom. The molecule has 0 bridgehead atoms. The molecule has 0 saturated heterocycles. The van der Waals surface area contributed by atoms with E-state index >= 15 is 0 Å². The lowest BCUT2D eigenvalue weighted by Crippen LogP contribution is -2.41. The highest BCUT2D eigenvalue weighted by Gasteiger charge is 2.23. The van der Waals surface area contributed by atoms with E-state index in [1.807, 2.05) is 26.8 Å². The molecule has 0 spiro atoms. The fourth-order valence-corrected chi connectivity index (χ4v) is 3.77. The Hall–Kier alpha value is -1.75. The Morgan fingerprint density at radius 3 is 2.67 bits per heavy atom. The van der Waals surface area contributed by atoms with Gasteiger partial charge in [0.2, 0.25) is 0 Å². The number of nitrogens with one attached hydrogen (secondary N) is 1. The topological polar surface area (TPSA) is 47.6 Å². The molecular weight excluding hydrogens is 354 g/mol. The second kappa shape index (κ2) is 8.96. The van der Waals surface area contributed by atoms with Crippen molar-refractivity contribution in [1.82, 2.24) is 5.32 Å². The second-order valence-electron chi connectivity index (χ2n) is 9.60. The molecule has 5 heteroatoms. The van der Waals surface area contributed by atoms with E-state index in [2.05, 4.69) is 43.2 Å². The summed E-state index contributed by atoms with van der Waals surface area (Å²) in [5.41, 5.74) is 3.34. The zero-order valence-electron chi connectivity index (χ0n) is 17.7. The molecule has 0 radical (unpaired) electrons. The van der Waals surface area contributed by atoms with Crippen LogP contribution in [-0.4, -0.2) is 32.4 Å². The average molecular weight is 390 g/mol. The van der Waals surface area contributed by atoms with Gasteiger partial charge < -0.3 is 14.8 Å². The maximum Gasteiger partial charge on any atom is 0.407 e. The van der Waals surface area contributed by atoms with Crippen LogP contribution in [0.4, 0.5) is 4.79 Å². The zero-order chi connectivity index (χ0) is 20.1. The van der Waals surface area contributed by atoms with E-state index in [1.54, 1.807) is 6.26 Å². The number of carbonyl (C=O) groups excluding carboxylic acids is 1. The van der Waals surface area contributed by atoms with E-state index in [0.717, 1.165) is 31.4 Å². The van der Waals surface area contributed by atoms with Gasteiger partial charge in [0.25, 0.3) is 0 Å². The normalized spacial score (nSPS) is 17.5. The van der Waals surface area contributed by atoms with Gasteiger partial charge in [-0.2, -0.15) is 0 Å². The fraction of sp³-hybridized carbons (Fsp3) is 0.591. The Bertz CT molecular complexity index is 671. The van der Waals surface area contributed by atoms with E-state index in [9.17, 15) is 4.79 Å². The zero-order valence-corrected chi connectivity index (χ0v) is 18.7. The molecule has 0 aliphatic heterocycles. The van der Waals surface area contributed by atoms with Crippen LogP contribution in [0.15, 0.2) is 24.5 Å². The molecule has 2 rings (SSSR count). The van der Waals surface area contributed by atoms with Crippen LogP contribution in [0.2, 0.25) is 25.7 Å². The summed E-state index contributed by atoms with van der Waals surface area (Å²) in [5, 5.41) is 3.01. The largest absolute Gasteiger partial charge is 0.501 e. The molecule has 1 aliphatic rings. The molecule has 4 nitrogen and oxygen atoms in total. The summed E-state index contributed by atoms with van der Waals surface area (Å²) in [7, 11) is -1.05. The molecule has 1 N–H and O–H groups in total. The summed E-state index contributed by atoms with van der Waals surface area (Å²) in [6.07, 6.45) is 6.26. The van der Waals surface area contributed by atoms with Crippen LogP contribution in [-0.2, 0) is 22.3 Å². The molecule has 1 aromatic carbocycles. The molecule has 1 amide bonds. The Balaban J connectivity index is 1.90. The van der Waals surface area contributed by atoms with Crippen LogP contribution in [0.25, 0.3) is 6.08 Å². The number of hydrogen-bond acceptors (Lipinski definition) is 3. The third kappa shape index (κ3) is 8.20. The quantitative estimate of drug-likeness (QED) is 0.403. The van der Waals surface area contributed by atoms with Crippen molar-refractivity contribution in [2.24, 2.45) is 0 Å². The van der Waals surface area contributed by atoms with Crippen molar-refractivity contribution < 1.29 is 14.3 Å². The summed E-state index contributed by atoms with van der Waals surface area (Å²) >= 11 is 0. The van der Waals surface area contributed by atoms with Crippen molar-refractivity contribution in [2.45, 2.75) is 77.4 Å². The smallest absolute Gasteiger partial charge is 0.407 e. The number of amides is 1. The predicted octanol–water partition coefficient (Wildman–Crippen LogP) is 5.39. The Labute approximate surface area is 165 Å². The van der Waals surface area contributed by atoms with Crippen molar-refractivity contribution in [1.29, 1.82) is 0 Å². The van der Waals surface area contributed by atoms with E-state index < -0.39 is 13.7 Å². The van der Waals surface area contributed by atoms with E-state index in [0.29, 0.717) is 0 Å². The van der Waals surface area contributed by atoms with Crippen molar-refractivity contribution in [3.63, 3.8) is 0 Å². The molecule has 1 aliphatic carbocycles. The molecule has 1 atom stereocenters. The van der Waals surface area contributed by atoms with Gasteiger partial charge in [-0.05, 0) is 68.8 Å². The standard InChI is InChI=1S/C22H35NO3Si/c1-22(2,3)26-21(24)23-20-10-9-18-8-7-17(15-19(18)16-20)11-12-25-13-14-27(4,5)6/h7-8,11-12,15,20H,9-10,13-14,16H2,1-6H3,(H,23,24). The van der Waals surface area contributed by atoms with Crippen molar-refractivity contribution in [2.75, 3.05) is 6.61 Å². The van der Waals surface area contributed by atoms with Gasteiger partial charge in [0, 0.05) is 14.1 Å². The SMILES string of the molecule is CC(C)(C)OC(=O)NC1CCc2ccc(C=COCC[Si](C)(C)C)cc2C1. The second-order valence-corrected chi connectivity index (χ2v) is 15.2. The van der Waals surface area contributed by atoms with Gasteiger partial charge in [0.1, 0.15) is 5.60 Å². The molecule has 0 fully saturated rings. The number of hydrogen-bond donors (Lipinski definition) is 1. The minimum absolute atomic E-state index is 0.125. The lowest BCUT2D eigenvalue weighted by atomic mass is 9.87. The van der Waals surface area contributed by atoms with Crippen LogP contribution in [0.1, 0.15) is 43.9 Å². The molecule has 1 unspecified atom stereocenters. The third-order valence-electron chi connectivity index (χ3n) is 4.51. The molecular formula is C22H35NO3Si. The Kier molecular flexibility index (Phi) is 7.15. The number of benzene rings is 1. The third-order valence-corrected chi connectivity index (χ3v) is 6.21. The van der Waals surface area contributed by atoms with Gasteiger partial charge in [-0.3, -0.25) is 0 Å². The first-order valence-electron chi connectivity index (χ1n) is 9.91. The first-order chi connectivity index (χ1) is 12.5. The van der Waals surface area contributed by atoms with Crippen LogP contribution in [0.3, 0.4) is 0 Å². The number of ether oxygens (including phenoxy) is 2. The monoisotopic (exact) mass is 389 g/mol. The lowest BCUT2D eigenvalue weighted by molar-refractivity contribution is 0.0500. The predicted molar refractivity (Wildman–Crippen MR) is 115 cm³/mol. The number of aryl methyl sites for hydroxylation is 1. The van der Waals surface area contributed by atoms with Crippen LogP contribution < -0.4 is 5.32 Å². The molecule has 1 aromatic rings. The minimum atomic E-state index is -1.05. The van der Waals surface area contributed by atoms with Crippen LogP contribution in [0, 0.1) is 0 Å². The van der Waals surface area contributed by atoms with Crippen LogP contribution in [0.5, 0.6) is 0 Å². The van der Waals surface area contributed by atoms with Crippen molar-refractivity contribution in [3.05, 3.63) is 41.2 Å². The number of alkyl carbamates (subject to hydrolysis) is 1. The minimum Gasteiger partial charge on any atom is -0.501 e. The molecule has 150 valence electrons. The van der Waals surface area contributed by atoms with Gasteiger partial charge in [-0.25, -0.2) is 4.79 Å². The van der Waals surface area contributed by atoms with E-state index in [4.69, 9.17) is 9.47 Å². The van der Waals surface area contributed by atoms with Gasteiger partial charge in [-0.15, -0.1) is 0 Å². The number of carbonyl (C=O) groups is 1. The number of rotatable bonds is 6. The summed E-state index contributed by atoms with van der Waals surface area (Å²) in [6.45, 7) is 13.5. The average Bonchev–Trinajstić information content (AvgIpc) is 2.51. The van der Waals surface area contributed by atoms with Gasteiger partial charge in [-0.1, -0.05) is 37.8 Å². The van der Waals surface area contributed by atoms with Crippen molar-refractivity contribution in [3.8, 4) is 0 Å². The Morgan fingerprint density at radius 2 is 2.00 bits per heavy atom. The summed E-state index contributed by atoms with van der Waals surface area (Å²) in [6, 6.07) is 7.83. The van der Waals surface area contributed by atoms with Gasteiger partial charge >= 0.3 is 6.09 Å². The first-order valence-corrected chi connectivity index (χ1v) is 13.6. The summed E-state index contributed by atoms with van der Waals surface area (Å²) < 4.78 is 11.0. The highest BCUT2D eigenvalue weighted by atomic mass is 28.3. The first kappa shape index (κ1) is 21.5. The number of fused-ring (bicyclic) bond motifs is 1. The maximum absolute atomic E-state index is 12.0. The molecule has 27 heavy (non-hydrogen) atoms.